The van der Waals surface area contributed by atoms with Crippen LogP contribution in [0.3, 0.4) is 0 Å². The van der Waals surface area contributed by atoms with Crippen molar-refractivity contribution in [3.63, 3.8) is 0 Å². The van der Waals surface area contributed by atoms with Crippen LogP contribution in [-0.2, 0) is 11.8 Å². The molecule has 106 valence electrons. The summed E-state index contributed by atoms with van der Waals surface area (Å²) in [6.45, 7) is 3.34. The van der Waals surface area contributed by atoms with Gasteiger partial charge in [0.25, 0.3) is 0 Å². The van der Waals surface area contributed by atoms with E-state index >= 15 is 0 Å². The summed E-state index contributed by atoms with van der Waals surface area (Å²) in [6, 6.07) is 6.77. The van der Waals surface area contributed by atoms with E-state index in [2.05, 4.69) is 28.6 Å². The van der Waals surface area contributed by atoms with E-state index in [0.717, 1.165) is 42.5 Å². The molecule has 0 unspecified atom stereocenters. The number of anilines is 1. The minimum absolute atomic E-state index is 0.181. The molecule has 0 saturated carbocycles. The van der Waals surface area contributed by atoms with Gasteiger partial charge in [0.2, 0.25) is 5.91 Å². The van der Waals surface area contributed by atoms with Gasteiger partial charge in [-0.2, -0.15) is 5.10 Å². The number of nitrogens with one attached hydrogen (secondary N) is 1. The fourth-order valence-electron chi connectivity index (χ4n) is 2.83. The third kappa shape index (κ3) is 2.48. The zero-order valence-electron chi connectivity index (χ0n) is 12.0. The predicted molar refractivity (Wildman–Crippen MR) is 79.6 cm³/mol. The fourth-order valence-corrected chi connectivity index (χ4v) is 2.83. The van der Waals surface area contributed by atoms with Crippen LogP contribution in [0.1, 0.15) is 19.8 Å². The molecule has 0 radical (unpaired) electrons. The van der Waals surface area contributed by atoms with Crippen LogP contribution in [0.5, 0.6) is 0 Å². The molecule has 1 N–H and O–H groups in total. The fraction of sp³-hybridized carbons (Fsp3) is 0.467. The molecule has 1 fully saturated rings. The van der Waals surface area contributed by atoms with Crippen molar-refractivity contribution in [2.75, 3.05) is 18.4 Å². The largest absolute Gasteiger partial charge is 0.382 e. The molecule has 0 aliphatic carbocycles. The minimum atomic E-state index is 0.181. The molecule has 0 atom stereocenters. The maximum Gasteiger partial charge on any atom is 0.219 e. The molecule has 5 nitrogen and oxygen atoms in total. The number of rotatable bonds is 2. The molecule has 2 aromatic rings. The Morgan fingerprint density at radius 3 is 2.80 bits per heavy atom. The summed E-state index contributed by atoms with van der Waals surface area (Å²) in [7, 11) is 1.95. The predicted octanol–water partition coefficient (Wildman–Crippen LogP) is 2.00. The number of likely N-dealkylation sites (tertiary alicyclic amines) is 1. The van der Waals surface area contributed by atoms with E-state index < -0.39 is 0 Å². The maximum atomic E-state index is 11.3. The highest BCUT2D eigenvalue weighted by atomic mass is 16.2. The summed E-state index contributed by atoms with van der Waals surface area (Å²) in [5, 5.41) is 8.98. The lowest BCUT2D eigenvalue weighted by atomic mass is 10.0. The number of fused-ring (bicyclic) bond motifs is 1. The van der Waals surface area contributed by atoms with Crippen molar-refractivity contribution < 1.29 is 4.79 Å². The van der Waals surface area contributed by atoms with Gasteiger partial charge in [-0.1, -0.05) is 0 Å². The lowest BCUT2D eigenvalue weighted by molar-refractivity contribution is -0.129. The summed E-state index contributed by atoms with van der Waals surface area (Å²) in [4.78, 5) is 13.2. The Morgan fingerprint density at radius 1 is 1.35 bits per heavy atom. The van der Waals surface area contributed by atoms with Crippen LogP contribution in [-0.4, -0.2) is 39.7 Å². The maximum absolute atomic E-state index is 11.3. The Kier molecular flexibility index (Phi) is 3.34. The van der Waals surface area contributed by atoms with Crippen LogP contribution in [0.15, 0.2) is 24.4 Å². The Morgan fingerprint density at radius 2 is 2.10 bits per heavy atom. The van der Waals surface area contributed by atoms with Crippen LogP contribution in [0, 0.1) is 0 Å². The molecule has 2 heterocycles. The minimum Gasteiger partial charge on any atom is -0.382 e. The Balaban J connectivity index is 1.66. The van der Waals surface area contributed by atoms with Crippen LogP contribution in [0.2, 0.25) is 0 Å². The van der Waals surface area contributed by atoms with E-state index in [-0.39, 0.29) is 5.91 Å². The number of amides is 1. The van der Waals surface area contributed by atoms with E-state index in [1.165, 1.54) is 0 Å². The lowest BCUT2D eigenvalue weighted by Gasteiger charge is -2.32. The number of benzene rings is 1. The molecule has 1 aliphatic rings. The molecular weight excluding hydrogens is 252 g/mol. The lowest BCUT2D eigenvalue weighted by Crippen LogP contribution is -2.41. The van der Waals surface area contributed by atoms with Gasteiger partial charge in [0.1, 0.15) is 0 Å². The van der Waals surface area contributed by atoms with Gasteiger partial charge in [-0.15, -0.1) is 0 Å². The highest BCUT2D eigenvalue weighted by Crippen LogP contribution is 2.21. The van der Waals surface area contributed by atoms with E-state index in [1.807, 2.05) is 22.8 Å². The van der Waals surface area contributed by atoms with Crippen LogP contribution in [0.25, 0.3) is 10.9 Å². The third-order valence-electron chi connectivity index (χ3n) is 4.06. The number of carbonyl (C=O) groups excluding carboxylic acids is 1. The number of nitrogens with zero attached hydrogens (tertiary/aromatic N) is 3. The number of hydrogen-bond donors (Lipinski definition) is 1. The second kappa shape index (κ2) is 5.15. The van der Waals surface area contributed by atoms with Crippen molar-refractivity contribution in [3.8, 4) is 0 Å². The highest BCUT2D eigenvalue weighted by Gasteiger charge is 2.20. The van der Waals surface area contributed by atoms with Crippen LogP contribution >= 0.6 is 0 Å². The molecule has 1 aliphatic heterocycles. The van der Waals surface area contributed by atoms with Gasteiger partial charge in [-0.05, 0) is 31.0 Å². The first-order valence-electron chi connectivity index (χ1n) is 7.07. The summed E-state index contributed by atoms with van der Waals surface area (Å²) in [6.07, 6.45) is 3.90. The summed E-state index contributed by atoms with van der Waals surface area (Å²) in [5.41, 5.74) is 2.27. The number of aromatic nitrogens is 2. The standard InChI is InChI=1S/C15H20N4O/c1-11(20)19-7-5-13(6-8-19)17-14-3-4-15-12(9-14)10-16-18(15)2/h3-4,9-10,13,17H,5-8H2,1-2H3. The number of aryl methyl sites for hydroxylation is 1. The zero-order valence-corrected chi connectivity index (χ0v) is 12.0. The number of hydrogen-bond acceptors (Lipinski definition) is 3. The van der Waals surface area contributed by atoms with Gasteiger partial charge < -0.3 is 10.2 Å². The summed E-state index contributed by atoms with van der Waals surface area (Å²) < 4.78 is 1.88. The molecule has 1 aromatic carbocycles. The van der Waals surface area contributed by atoms with Crippen LogP contribution in [0.4, 0.5) is 5.69 Å². The molecular formula is C15H20N4O. The monoisotopic (exact) mass is 272 g/mol. The van der Waals surface area contributed by atoms with E-state index in [4.69, 9.17) is 0 Å². The SMILES string of the molecule is CC(=O)N1CCC(Nc2ccc3c(cnn3C)c2)CC1. The first kappa shape index (κ1) is 13.0. The Bertz CT molecular complexity index is 626. The molecule has 3 rings (SSSR count). The first-order valence-corrected chi connectivity index (χ1v) is 7.07. The number of carbonyl (C=O) groups is 1. The smallest absolute Gasteiger partial charge is 0.219 e. The van der Waals surface area contributed by atoms with Crippen molar-refractivity contribution in [3.05, 3.63) is 24.4 Å². The van der Waals surface area contributed by atoms with Crippen molar-refractivity contribution in [1.82, 2.24) is 14.7 Å². The average Bonchev–Trinajstić information content (AvgIpc) is 2.81. The average molecular weight is 272 g/mol. The van der Waals surface area contributed by atoms with Gasteiger partial charge in [-0.25, -0.2) is 0 Å². The van der Waals surface area contributed by atoms with Gasteiger partial charge in [0.15, 0.2) is 0 Å². The zero-order chi connectivity index (χ0) is 14.1. The Hall–Kier alpha value is -2.04. The summed E-state index contributed by atoms with van der Waals surface area (Å²) >= 11 is 0. The molecule has 0 bridgehead atoms. The Labute approximate surface area is 118 Å². The number of piperidine rings is 1. The highest BCUT2D eigenvalue weighted by molar-refractivity contribution is 5.82. The topological polar surface area (TPSA) is 50.2 Å². The van der Waals surface area contributed by atoms with Crippen molar-refractivity contribution >= 4 is 22.5 Å². The van der Waals surface area contributed by atoms with Crippen molar-refractivity contribution in [2.24, 2.45) is 7.05 Å². The second-order valence-corrected chi connectivity index (χ2v) is 5.47. The first-order chi connectivity index (χ1) is 9.63. The quantitative estimate of drug-likeness (QED) is 0.909. The van der Waals surface area contributed by atoms with Crippen molar-refractivity contribution in [1.29, 1.82) is 0 Å². The summed E-state index contributed by atoms with van der Waals surface area (Å²) in [5.74, 6) is 0.181. The van der Waals surface area contributed by atoms with Gasteiger partial charge in [-0.3, -0.25) is 9.48 Å². The second-order valence-electron chi connectivity index (χ2n) is 5.47. The van der Waals surface area contributed by atoms with Crippen LogP contribution < -0.4 is 5.32 Å². The molecule has 0 spiro atoms. The third-order valence-corrected chi connectivity index (χ3v) is 4.06. The molecule has 1 saturated heterocycles. The van der Waals surface area contributed by atoms with E-state index in [1.54, 1.807) is 6.92 Å². The molecule has 20 heavy (non-hydrogen) atoms. The van der Waals surface area contributed by atoms with Crippen molar-refractivity contribution in [2.45, 2.75) is 25.8 Å². The molecule has 1 aromatic heterocycles. The van der Waals surface area contributed by atoms with Gasteiger partial charge in [0, 0.05) is 44.2 Å². The van der Waals surface area contributed by atoms with Gasteiger partial charge in [0.05, 0.1) is 11.7 Å². The van der Waals surface area contributed by atoms with Gasteiger partial charge >= 0.3 is 0 Å². The molecule has 5 heteroatoms. The normalized spacial score (nSPS) is 16.6. The molecule has 1 amide bonds. The van der Waals surface area contributed by atoms with E-state index in [9.17, 15) is 4.79 Å². The van der Waals surface area contributed by atoms with E-state index in [0.29, 0.717) is 6.04 Å².